The molecule has 0 aliphatic rings. The minimum absolute atomic E-state index is 0.0263. The predicted molar refractivity (Wildman–Crippen MR) is 144 cm³/mol. The molecule has 0 aromatic heterocycles. The van der Waals surface area contributed by atoms with E-state index in [0.29, 0.717) is 6.42 Å². The van der Waals surface area contributed by atoms with E-state index in [0.717, 1.165) is 70.6 Å². The Morgan fingerprint density at radius 1 is 0.618 bits per heavy atom. The first-order chi connectivity index (χ1) is 16.6. The predicted octanol–water partition coefficient (Wildman–Crippen LogP) is 9.55. The highest BCUT2D eigenvalue weighted by Crippen LogP contribution is 2.17. The molecule has 0 aromatic rings. The van der Waals surface area contributed by atoms with E-state index in [2.05, 4.69) is 26.0 Å². The molecule has 1 atom stereocenters. The van der Waals surface area contributed by atoms with Crippen LogP contribution in [-0.4, -0.2) is 23.1 Å². The van der Waals surface area contributed by atoms with Crippen LogP contribution in [0.2, 0.25) is 0 Å². The molecule has 0 spiro atoms. The smallest absolute Gasteiger partial charge is 0.306 e. The summed E-state index contributed by atoms with van der Waals surface area (Å²) >= 11 is 0. The first-order valence-corrected chi connectivity index (χ1v) is 14.7. The summed E-state index contributed by atoms with van der Waals surface area (Å²) in [7, 11) is 0. The van der Waals surface area contributed by atoms with Gasteiger partial charge in [0.2, 0.25) is 0 Å². The summed E-state index contributed by atoms with van der Waals surface area (Å²) in [5.74, 6) is -0.732. The molecule has 4 nitrogen and oxygen atoms in total. The zero-order chi connectivity index (χ0) is 25.1. The van der Waals surface area contributed by atoms with Gasteiger partial charge in [0.25, 0.3) is 0 Å². The number of aliphatic carboxylic acids is 1. The van der Waals surface area contributed by atoms with Crippen LogP contribution >= 0.6 is 0 Å². The van der Waals surface area contributed by atoms with Crippen LogP contribution in [-0.2, 0) is 14.3 Å². The van der Waals surface area contributed by atoms with Gasteiger partial charge in [0, 0.05) is 12.8 Å². The summed E-state index contributed by atoms with van der Waals surface area (Å²) in [6, 6.07) is 0. The molecule has 1 unspecified atom stereocenters. The third-order valence-corrected chi connectivity index (χ3v) is 6.49. The number of ether oxygens (including phenoxy) is 1. The number of hydrogen-bond acceptors (Lipinski definition) is 3. The van der Waals surface area contributed by atoms with Crippen molar-refractivity contribution in [1.29, 1.82) is 0 Å². The molecule has 0 saturated carbocycles. The largest absolute Gasteiger partial charge is 0.481 e. The van der Waals surface area contributed by atoms with Crippen molar-refractivity contribution in [1.82, 2.24) is 0 Å². The third kappa shape index (κ3) is 25.3. The topological polar surface area (TPSA) is 63.6 Å². The molecule has 0 fully saturated rings. The molecule has 200 valence electrons. The first kappa shape index (κ1) is 32.7. The van der Waals surface area contributed by atoms with Gasteiger partial charge in [-0.2, -0.15) is 0 Å². The fraction of sp³-hybridized carbons (Fsp3) is 0.867. The number of hydrogen-bond donors (Lipinski definition) is 1. The number of carbonyl (C=O) groups is 2. The second kappa shape index (κ2) is 26.3. The highest BCUT2D eigenvalue weighted by atomic mass is 16.5. The molecular weight excluding hydrogens is 424 g/mol. The lowest BCUT2D eigenvalue weighted by molar-refractivity contribution is -0.150. The number of allylic oxidation sites excluding steroid dienone is 2. The van der Waals surface area contributed by atoms with E-state index in [9.17, 15) is 9.59 Å². The Hall–Kier alpha value is -1.32. The van der Waals surface area contributed by atoms with E-state index in [4.69, 9.17) is 9.84 Å². The number of carboxylic acid groups (broad SMARTS) is 1. The molecule has 0 rings (SSSR count). The van der Waals surface area contributed by atoms with Crippen molar-refractivity contribution in [3.8, 4) is 0 Å². The highest BCUT2D eigenvalue weighted by Gasteiger charge is 2.14. The van der Waals surface area contributed by atoms with Gasteiger partial charge in [-0.1, -0.05) is 103 Å². The summed E-state index contributed by atoms with van der Waals surface area (Å²) in [4.78, 5) is 22.9. The molecule has 34 heavy (non-hydrogen) atoms. The van der Waals surface area contributed by atoms with Gasteiger partial charge in [-0.05, 0) is 57.8 Å². The summed E-state index contributed by atoms with van der Waals surface area (Å²) in [5.41, 5.74) is 0. The number of carbonyl (C=O) groups excluding carboxylic acids is 1. The van der Waals surface area contributed by atoms with Gasteiger partial charge in [-0.3, -0.25) is 9.59 Å². The molecule has 0 aliphatic carbocycles. The van der Waals surface area contributed by atoms with Crippen LogP contribution in [0, 0.1) is 0 Å². The van der Waals surface area contributed by atoms with E-state index < -0.39 is 5.97 Å². The van der Waals surface area contributed by atoms with Crippen LogP contribution in [0.25, 0.3) is 0 Å². The quantitative estimate of drug-likeness (QED) is 0.0760. The molecule has 0 heterocycles. The summed E-state index contributed by atoms with van der Waals surface area (Å²) < 4.78 is 5.87. The van der Waals surface area contributed by atoms with E-state index in [1.54, 1.807) is 0 Å². The van der Waals surface area contributed by atoms with Gasteiger partial charge in [0.15, 0.2) is 0 Å². The van der Waals surface area contributed by atoms with Crippen molar-refractivity contribution in [3.05, 3.63) is 12.2 Å². The Bertz CT molecular complexity index is 486. The highest BCUT2D eigenvalue weighted by molar-refractivity contribution is 5.69. The molecule has 0 aromatic carbocycles. The van der Waals surface area contributed by atoms with Crippen LogP contribution in [0.15, 0.2) is 12.2 Å². The maximum absolute atomic E-state index is 12.3. The van der Waals surface area contributed by atoms with Crippen molar-refractivity contribution >= 4 is 11.9 Å². The number of carboxylic acids is 1. The van der Waals surface area contributed by atoms with Crippen LogP contribution in [0.5, 0.6) is 0 Å². The number of esters is 1. The van der Waals surface area contributed by atoms with Gasteiger partial charge < -0.3 is 9.84 Å². The van der Waals surface area contributed by atoms with E-state index in [1.165, 1.54) is 64.2 Å². The van der Waals surface area contributed by atoms with Crippen molar-refractivity contribution in [2.45, 2.75) is 168 Å². The average molecular weight is 481 g/mol. The Kier molecular flexibility index (Phi) is 25.3. The monoisotopic (exact) mass is 480 g/mol. The lowest BCUT2D eigenvalue weighted by Gasteiger charge is -2.18. The van der Waals surface area contributed by atoms with E-state index in [-0.39, 0.29) is 18.5 Å². The van der Waals surface area contributed by atoms with Gasteiger partial charge >= 0.3 is 11.9 Å². The van der Waals surface area contributed by atoms with Crippen LogP contribution in [0.3, 0.4) is 0 Å². The SMILES string of the molecule is CCCCCCCC/C=C\CCCC(CCCCCCCC(=O)O)OC(=O)CCCCCCC. The van der Waals surface area contributed by atoms with Gasteiger partial charge in [-0.25, -0.2) is 0 Å². The Labute approximate surface area is 211 Å². The third-order valence-electron chi connectivity index (χ3n) is 6.49. The first-order valence-electron chi connectivity index (χ1n) is 14.7. The van der Waals surface area contributed by atoms with Crippen LogP contribution in [0.4, 0.5) is 0 Å². The summed E-state index contributed by atoms with van der Waals surface area (Å²) in [6.07, 6.45) is 29.4. The van der Waals surface area contributed by atoms with E-state index >= 15 is 0 Å². The molecular formula is C30H56O4. The minimum Gasteiger partial charge on any atom is -0.481 e. The lowest BCUT2D eigenvalue weighted by atomic mass is 10.0. The molecule has 0 aliphatic heterocycles. The maximum Gasteiger partial charge on any atom is 0.306 e. The fourth-order valence-corrected chi connectivity index (χ4v) is 4.30. The number of rotatable bonds is 26. The normalized spacial score (nSPS) is 12.3. The van der Waals surface area contributed by atoms with Crippen LogP contribution < -0.4 is 0 Å². The Morgan fingerprint density at radius 2 is 1.09 bits per heavy atom. The minimum atomic E-state index is -0.706. The van der Waals surface area contributed by atoms with Gasteiger partial charge in [-0.15, -0.1) is 0 Å². The van der Waals surface area contributed by atoms with E-state index in [1.807, 2.05) is 0 Å². The maximum atomic E-state index is 12.3. The molecule has 0 amide bonds. The number of unbranched alkanes of at least 4 members (excludes halogenated alkanes) is 15. The summed E-state index contributed by atoms with van der Waals surface area (Å²) in [6.45, 7) is 4.46. The second-order valence-electron chi connectivity index (χ2n) is 9.94. The standard InChI is InChI=1S/C30H56O4/c1-3-5-7-9-10-11-12-13-14-17-20-24-28(25-21-18-15-19-22-26-29(31)32)34-30(33)27-23-16-8-6-4-2/h13-14,28H,3-12,15-27H2,1-2H3,(H,31,32)/b14-13-. The van der Waals surface area contributed by atoms with Crippen LogP contribution in [0.1, 0.15) is 162 Å². The average Bonchev–Trinajstić information content (AvgIpc) is 2.81. The molecule has 0 radical (unpaired) electrons. The fourth-order valence-electron chi connectivity index (χ4n) is 4.30. The van der Waals surface area contributed by atoms with Gasteiger partial charge in [0.05, 0.1) is 0 Å². The zero-order valence-electron chi connectivity index (χ0n) is 22.7. The zero-order valence-corrected chi connectivity index (χ0v) is 22.7. The Morgan fingerprint density at radius 3 is 1.71 bits per heavy atom. The lowest BCUT2D eigenvalue weighted by Crippen LogP contribution is -2.18. The molecule has 0 saturated heterocycles. The van der Waals surface area contributed by atoms with Crippen molar-refractivity contribution in [3.63, 3.8) is 0 Å². The Balaban J connectivity index is 4.10. The summed E-state index contributed by atoms with van der Waals surface area (Å²) in [5, 5.41) is 8.73. The molecule has 1 N–H and O–H groups in total. The second-order valence-corrected chi connectivity index (χ2v) is 9.94. The molecule has 4 heteroatoms. The van der Waals surface area contributed by atoms with Crippen molar-refractivity contribution < 1.29 is 19.4 Å². The van der Waals surface area contributed by atoms with Crippen molar-refractivity contribution in [2.75, 3.05) is 0 Å². The van der Waals surface area contributed by atoms with Gasteiger partial charge in [0.1, 0.15) is 6.10 Å². The molecule has 0 bridgehead atoms. The van der Waals surface area contributed by atoms with Crippen molar-refractivity contribution in [2.24, 2.45) is 0 Å².